The van der Waals surface area contributed by atoms with E-state index in [-0.39, 0.29) is 24.1 Å². The number of carbonyl (C=O) groups excluding carboxylic acids is 1. The summed E-state index contributed by atoms with van der Waals surface area (Å²) in [7, 11) is 0. The standard InChI is InChI=1S/C21H23ClN4O2/c1-14(2)26(13-20(27)23-11-15-6-5-7-16(22)10-15)12-19-24-18-9-4-3-8-17(18)21(28)25-19/h3-10,14H,11-13H2,1-2H3,(H,23,27)(H,24,25,28). The van der Waals surface area contributed by atoms with Gasteiger partial charge in [-0.2, -0.15) is 0 Å². The highest BCUT2D eigenvalue weighted by Gasteiger charge is 2.16. The summed E-state index contributed by atoms with van der Waals surface area (Å²) in [6.45, 7) is 5.00. The minimum atomic E-state index is -0.172. The number of benzene rings is 2. The van der Waals surface area contributed by atoms with Crippen molar-refractivity contribution in [2.24, 2.45) is 0 Å². The fraction of sp³-hybridized carbons (Fsp3) is 0.286. The lowest BCUT2D eigenvalue weighted by Crippen LogP contribution is -2.40. The molecule has 0 radical (unpaired) electrons. The maximum atomic E-state index is 12.4. The number of halogens is 1. The fourth-order valence-corrected chi connectivity index (χ4v) is 3.12. The van der Waals surface area contributed by atoms with Crippen LogP contribution in [0.3, 0.4) is 0 Å². The fourth-order valence-electron chi connectivity index (χ4n) is 2.91. The number of nitrogens with one attached hydrogen (secondary N) is 2. The van der Waals surface area contributed by atoms with Gasteiger partial charge in [-0.1, -0.05) is 35.9 Å². The molecule has 28 heavy (non-hydrogen) atoms. The Kier molecular flexibility index (Phi) is 6.44. The first-order valence-corrected chi connectivity index (χ1v) is 9.53. The summed E-state index contributed by atoms with van der Waals surface area (Å²) in [6.07, 6.45) is 0. The molecule has 0 unspecified atom stereocenters. The van der Waals surface area contributed by atoms with E-state index < -0.39 is 0 Å². The number of fused-ring (bicyclic) bond motifs is 1. The third-order valence-corrected chi connectivity index (χ3v) is 4.71. The molecular weight excluding hydrogens is 376 g/mol. The van der Waals surface area contributed by atoms with Crippen LogP contribution >= 0.6 is 11.6 Å². The van der Waals surface area contributed by atoms with Gasteiger partial charge in [-0.05, 0) is 43.7 Å². The van der Waals surface area contributed by atoms with Crippen LogP contribution < -0.4 is 10.9 Å². The first kappa shape index (κ1) is 20.0. The Labute approximate surface area is 168 Å². The molecule has 1 heterocycles. The number of rotatable bonds is 7. The average Bonchev–Trinajstić information content (AvgIpc) is 2.66. The normalized spacial score (nSPS) is 11.3. The average molecular weight is 399 g/mol. The zero-order valence-corrected chi connectivity index (χ0v) is 16.7. The second-order valence-corrected chi connectivity index (χ2v) is 7.37. The molecule has 3 aromatic rings. The van der Waals surface area contributed by atoms with Crippen LogP contribution in [-0.2, 0) is 17.9 Å². The van der Waals surface area contributed by atoms with E-state index >= 15 is 0 Å². The Bertz CT molecular complexity index is 1030. The summed E-state index contributed by atoms with van der Waals surface area (Å²) in [5, 5.41) is 4.10. The van der Waals surface area contributed by atoms with Gasteiger partial charge in [-0.15, -0.1) is 0 Å². The monoisotopic (exact) mass is 398 g/mol. The third-order valence-electron chi connectivity index (χ3n) is 4.47. The zero-order valence-electron chi connectivity index (χ0n) is 15.9. The van der Waals surface area contributed by atoms with Crippen LogP contribution in [0.4, 0.5) is 0 Å². The number of nitrogens with zero attached hydrogens (tertiary/aromatic N) is 2. The lowest BCUT2D eigenvalue weighted by atomic mass is 10.2. The molecule has 0 saturated carbocycles. The van der Waals surface area contributed by atoms with E-state index in [1.165, 1.54) is 0 Å². The predicted molar refractivity (Wildman–Crippen MR) is 111 cm³/mol. The molecule has 0 aliphatic heterocycles. The minimum absolute atomic E-state index is 0.100. The van der Waals surface area contributed by atoms with E-state index in [0.717, 1.165) is 5.56 Å². The summed E-state index contributed by atoms with van der Waals surface area (Å²) in [5.41, 5.74) is 1.42. The Morgan fingerprint density at radius 1 is 1.21 bits per heavy atom. The van der Waals surface area contributed by atoms with Crippen molar-refractivity contribution in [3.8, 4) is 0 Å². The smallest absolute Gasteiger partial charge is 0.258 e. The molecule has 6 nitrogen and oxygen atoms in total. The van der Waals surface area contributed by atoms with Crippen LogP contribution in [-0.4, -0.2) is 33.4 Å². The quantitative estimate of drug-likeness (QED) is 0.641. The largest absolute Gasteiger partial charge is 0.351 e. The van der Waals surface area contributed by atoms with Gasteiger partial charge in [0.2, 0.25) is 5.91 Å². The van der Waals surface area contributed by atoms with Gasteiger partial charge in [-0.25, -0.2) is 4.98 Å². The Balaban J connectivity index is 1.66. The molecule has 2 aromatic carbocycles. The van der Waals surface area contributed by atoms with Crippen molar-refractivity contribution in [2.75, 3.05) is 6.54 Å². The highest BCUT2D eigenvalue weighted by atomic mass is 35.5. The van der Waals surface area contributed by atoms with Crippen LogP contribution in [0, 0.1) is 0 Å². The summed E-state index contributed by atoms with van der Waals surface area (Å²) in [6, 6.07) is 14.7. The van der Waals surface area contributed by atoms with Gasteiger partial charge in [0, 0.05) is 17.6 Å². The third kappa shape index (κ3) is 5.18. The van der Waals surface area contributed by atoms with Gasteiger partial charge >= 0.3 is 0 Å². The van der Waals surface area contributed by atoms with Crippen LogP contribution in [0.2, 0.25) is 5.02 Å². The van der Waals surface area contributed by atoms with Crippen molar-refractivity contribution in [3.63, 3.8) is 0 Å². The zero-order chi connectivity index (χ0) is 20.1. The number of aromatic nitrogens is 2. The number of hydrogen-bond acceptors (Lipinski definition) is 4. The molecule has 1 aromatic heterocycles. The predicted octanol–water partition coefficient (Wildman–Crippen LogP) is 3.10. The topological polar surface area (TPSA) is 78.1 Å². The molecule has 2 N–H and O–H groups in total. The van der Waals surface area contributed by atoms with E-state index in [2.05, 4.69) is 15.3 Å². The maximum absolute atomic E-state index is 12.4. The van der Waals surface area contributed by atoms with Crippen molar-refractivity contribution >= 4 is 28.4 Å². The number of H-pyrrole nitrogens is 1. The van der Waals surface area contributed by atoms with Crippen LogP contribution in [0.5, 0.6) is 0 Å². The number of aromatic amines is 1. The van der Waals surface area contributed by atoms with E-state index in [1.807, 2.05) is 55.1 Å². The molecular formula is C21H23ClN4O2. The Morgan fingerprint density at radius 2 is 2.00 bits per heavy atom. The SMILES string of the molecule is CC(C)N(CC(=O)NCc1cccc(Cl)c1)Cc1nc2ccccc2c(=O)[nH]1. The summed E-state index contributed by atoms with van der Waals surface area (Å²) < 4.78 is 0. The van der Waals surface area contributed by atoms with E-state index in [9.17, 15) is 9.59 Å². The summed E-state index contributed by atoms with van der Waals surface area (Å²) in [4.78, 5) is 34.0. The maximum Gasteiger partial charge on any atom is 0.258 e. The van der Waals surface area contributed by atoms with Gasteiger partial charge in [0.05, 0.1) is 24.0 Å². The number of carbonyl (C=O) groups is 1. The van der Waals surface area contributed by atoms with Gasteiger partial charge in [0.15, 0.2) is 0 Å². The van der Waals surface area contributed by atoms with Crippen molar-refractivity contribution in [3.05, 3.63) is 75.3 Å². The van der Waals surface area contributed by atoms with Crippen molar-refractivity contribution in [1.29, 1.82) is 0 Å². The highest BCUT2D eigenvalue weighted by Crippen LogP contribution is 2.11. The molecule has 0 saturated heterocycles. The molecule has 0 bridgehead atoms. The Morgan fingerprint density at radius 3 is 2.75 bits per heavy atom. The summed E-state index contributed by atoms with van der Waals surface area (Å²) >= 11 is 5.97. The Hall–Kier alpha value is -2.70. The molecule has 0 aliphatic rings. The molecule has 3 rings (SSSR count). The van der Waals surface area contributed by atoms with Crippen LogP contribution in [0.1, 0.15) is 25.2 Å². The second kappa shape index (κ2) is 8.99. The van der Waals surface area contributed by atoms with Crippen LogP contribution in [0.15, 0.2) is 53.3 Å². The summed E-state index contributed by atoms with van der Waals surface area (Å²) in [5.74, 6) is 0.442. The molecule has 146 valence electrons. The number of amides is 1. The molecule has 0 aliphatic carbocycles. The minimum Gasteiger partial charge on any atom is -0.351 e. The molecule has 0 spiro atoms. The molecule has 7 heteroatoms. The van der Waals surface area contributed by atoms with Gasteiger partial charge in [0.1, 0.15) is 5.82 Å². The van der Waals surface area contributed by atoms with Crippen molar-refractivity contribution in [2.45, 2.75) is 33.0 Å². The van der Waals surface area contributed by atoms with E-state index in [1.54, 1.807) is 12.1 Å². The van der Waals surface area contributed by atoms with E-state index in [0.29, 0.717) is 34.8 Å². The highest BCUT2D eigenvalue weighted by molar-refractivity contribution is 6.30. The lowest BCUT2D eigenvalue weighted by Gasteiger charge is -2.25. The van der Waals surface area contributed by atoms with Crippen molar-refractivity contribution < 1.29 is 4.79 Å². The lowest BCUT2D eigenvalue weighted by molar-refractivity contribution is -0.123. The number of hydrogen-bond donors (Lipinski definition) is 2. The first-order chi connectivity index (χ1) is 13.4. The van der Waals surface area contributed by atoms with E-state index in [4.69, 9.17) is 11.6 Å². The van der Waals surface area contributed by atoms with Gasteiger partial charge < -0.3 is 10.3 Å². The molecule has 0 atom stereocenters. The number of para-hydroxylation sites is 1. The molecule has 0 fully saturated rings. The van der Waals surface area contributed by atoms with Gasteiger partial charge in [-0.3, -0.25) is 14.5 Å². The second-order valence-electron chi connectivity index (χ2n) is 6.94. The molecule has 1 amide bonds. The first-order valence-electron chi connectivity index (χ1n) is 9.15. The van der Waals surface area contributed by atoms with Crippen molar-refractivity contribution in [1.82, 2.24) is 20.2 Å². The van der Waals surface area contributed by atoms with Gasteiger partial charge in [0.25, 0.3) is 5.56 Å². The van der Waals surface area contributed by atoms with Crippen LogP contribution in [0.25, 0.3) is 10.9 Å².